The summed E-state index contributed by atoms with van der Waals surface area (Å²) in [5, 5.41) is 3.63. The molecule has 23 heavy (non-hydrogen) atoms. The van der Waals surface area contributed by atoms with Gasteiger partial charge in [0.25, 0.3) is 0 Å². The maximum Gasteiger partial charge on any atom is 0.0602 e. The Morgan fingerprint density at radius 2 is 1.48 bits per heavy atom. The molecular weight excluding hydrogens is 280 g/mol. The molecule has 3 rings (SSSR count). The number of piperazine rings is 1. The monoisotopic (exact) mass is 308 g/mol. The highest BCUT2D eigenvalue weighted by atomic mass is 15.2. The van der Waals surface area contributed by atoms with E-state index in [1.54, 1.807) is 0 Å². The van der Waals surface area contributed by atoms with Gasteiger partial charge in [0.2, 0.25) is 0 Å². The molecule has 1 unspecified atom stereocenters. The molecule has 0 aromatic heterocycles. The Labute approximate surface area is 140 Å². The van der Waals surface area contributed by atoms with E-state index >= 15 is 0 Å². The Morgan fingerprint density at radius 3 is 1.96 bits per heavy atom. The number of hydrogen-bond donors (Lipinski definition) is 1. The minimum Gasteiger partial charge on any atom is -0.311 e. The van der Waals surface area contributed by atoms with Crippen LogP contribution in [0.3, 0.4) is 0 Å². The summed E-state index contributed by atoms with van der Waals surface area (Å²) in [7, 11) is 0. The molecule has 0 bridgehead atoms. The third-order valence-electron chi connectivity index (χ3n) is 4.93. The number of nitrogens with zero attached hydrogens (tertiary/aromatic N) is 1. The molecule has 0 saturated carbocycles. The molecule has 2 nitrogen and oxygen atoms in total. The maximum absolute atomic E-state index is 3.63. The van der Waals surface area contributed by atoms with Gasteiger partial charge in [0.05, 0.1) is 6.04 Å². The van der Waals surface area contributed by atoms with Crippen molar-refractivity contribution in [3.05, 3.63) is 70.8 Å². The number of hydrogen-bond acceptors (Lipinski definition) is 2. The molecule has 1 fully saturated rings. The molecule has 0 aliphatic carbocycles. The zero-order valence-corrected chi connectivity index (χ0v) is 14.5. The standard InChI is InChI=1S/C21H28N2/c1-4-20-15-23(14-13-22-20)21(18-9-5-16(2)6-10-18)19-11-7-17(3)8-12-19/h5-12,20-22H,4,13-15H2,1-3H3. The first kappa shape index (κ1) is 16.2. The van der Waals surface area contributed by atoms with Crippen LogP contribution in [-0.4, -0.2) is 30.6 Å². The third-order valence-corrected chi connectivity index (χ3v) is 4.93. The minimum atomic E-state index is 0.354. The highest BCUT2D eigenvalue weighted by Crippen LogP contribution is 2.30. The van der Waals surface area contributed by atoms with Crippen LogP contribution < -0.4 is 5.32 Å². The van der Waals surface area contributed by atoms with Gasteiger partial charge in [-0.2, -0.15) is 0 Å². The Balaban J connectivity index is 1.95. The van der Waals surface area contributed by atoms with Crippen LogP contribution in [0.1, 0.15) is 41.6 Å². The van der Waals surface area contributed by atoms with Crippen molar-refractivity contribution in [1.82, 2.24) is 10.2 Å². The maximum atomic E-state index is 3.63. The Bertz CT molecular complexity index is 570. The SMILES string of the molecule is CCC1CN(C(c2ccc(C)cc2)c2ccc(C)cc2)CCN1. The van der Waals surface area contributed by atoms with Crippen molar-refractivity contribution < 1.29 is 0 Å². The first-order chi connectivity index (χ1) is 11.2. The summed E-state index contributed by atoms with van der Waals surface area (Å²) in [6.07, 6.45) is 1.19. The van der Waals surface area contributed by atoms with E-state index in [0.717, 1.165) is 19.6 Å². The summed E-state index contributed by atoms with van der Waals surface area (Å²) in [5.74, 6) is 0. The normalized spacial score (nSPS) is 19.2. The molecule has 1 aliphatic rings. The summed E-state index contributed by atoms with van der Waals surface area (Å²) in [6.45, 7) is 9.87. The van der Waals surface area contributed by atoms with Crippen molar-refractivity contribution in [1.29, 1.82) is 0 Å². The first-order valence-corrected chi connectivity index (χ1v) is 8.78. The molecule has 1 N–H and O–H groups in total. The van der Waals surface area contributed by atoms with Crippen LogP contribution in [0.5, 0.6) is 0 Å². The van der Waals surface area contributed by atoms with Gasteiger partial charge in [0.1, 0.15) is 0 Å². The van der Waals surface area contributed by atoms with Crippen LogP contribution >= 0.6 is 0 Å². The molecule has 1 aliphatic heterocycles. The minimum absolute atomic E-state index is 0.354. The second-order valence-corrected chi connectivity index (χ2v) is 6.78. The summed E-state index contributed by atoms with van der Waals surface area (Å²) in [4.78, 5) is 2.64. The molecule has 1 atom stereocenters. The van der Waals surface area contributed by atoms with Gasteiger partial charge in [-0.05, 0) is 31.4 Å². The van der Waals surface area contributed by atoms with Crippen molar-refractivity contribution >= 4 is 0 Å². The fourth-order valence-corrected chi connectivity index (χ4v) is 3.47. The van der Waals surface area contributed by atoms with Crippen molar-refractivity contribution in [3.63, 3.8) is 0 Å². The lowest BCUT2D eigenvalue weighted by Gasteiger charge is -2.39. The van der Waals surface area contributed by atoms with E-state index in [-0.39, 0.29) is 0 Å². The summed E-state index contributed by atoms with van der Waals surface area (Å²) in [5.41, 5.74) is 5.44. The zero-order valence-electron chi connectivity index (χ0n) is 14.5. The van der Waals surface area contributed by atoms with E-state index in [1.807, 2.05) is 0 Å². The van der Waals surface area contributed by atoms with Crippen LogP contribution in [0, 0.1) is 13.8 Å². The van der Waals surface area contributed by atoms with Gasteiger partial charge >= 0.3 is 0 Å². The van der Waals surface area contributed by atoms with Gasteiger partial charge in [0, 0.05) is 25.7 Å². The largest absolute Gasteiger partial charge is 0.311 e. The third kappa shape index (κ3) is 3.82. The summed E-state index contributed by atoms with van der Waals surface area (Å²) >= 11 is 0. The predicted octanol–water partition coefficient (Wildman–Crippen LogP) is 4.08. The van der Waals surface area contributed by atoms with Gasteiger partial charge in [-0.15, -0.1) is 0 Å². The van der Waals surface area contributed by atoms with Gasteiger partial charge in [-0.1, -0.05) is 66.6 Å². The quantitative estimate of drug-likeness (QED) is 0.915. The second-order valence-electron chi connectivity index (χ2n) is 6.78. The van der Waals surface area contributed by atoms with Gasteiger partial charge < -0.3 is 5.32 Å². The molecule has 1 saturated heterocycles. The van der Waals surface area contributed by atoms with Crippen LogP contribution in [0.25, 0.3) is 0 Å². The Hall–Kier alpha value is -1.64. The number of benzene rings is 2. The molecule has 0 spiro atoms. The van der Waals surface area contributed by atoms with Gasteiger partial charge in [0.15, 0.2) is 0 Å². The fraction of sp³-hybridized carbons (Fsp3) is 0.429. The fourth-order valence-electron chi connectivity index (χ4n) is 3.47. The van der Waals surface area contributed by atoms with E-state index in [4.69, 9.17) is 0 Å². The second kappa shape index (κ2) is 7.29. The molecular formula is C21H28N2. The van der Waals surface area contributed by atoms with E-state index in [0.29, 0.717) is 12.1 Å². The lowest BCUT2D eigenvalue weighted by Crippen LogP contribution is -2.51. The van der Waals surface area contributed by atoms with E-state index in [1.165, 1.54) is 28.7 Å². The first-order valence-electron chi connectivity index (χ1n) is 8.78. The van der Waals surface area contributed by atoms with Crippen molar-refractivity contribution in [2.45, 2.75) is 39.3 Å². The molecule has 122 valence electrons. The van der Waals surface area contributed by atoms with E-state index in [9.17, 15) is 0 Å². The smallest absolute Gasteiger partial charge is 0.0602 e. The number of nitrogens with one attached hydrogen (secondary N) is 1. The zero-order chi connectivity index (χ0) is 16.2. The molecule has 0 amide bonds. The topological polar surface area (TPSA) is 15.3 Å². The van der Waals surface area contributed by atoms with Crippen molar-refractivity contribution in [3.8, 4) is 0 Å². The highest BCUT2D eigenvalue weighted by molar-refractivity contribution is 5.35. The van der Waals surface area contributed by atoms with Gasteiger partial charge in [-0.25, -0.2) is 0 Å². The molecule has 2 aromatic rings. The molecule has 2 aromatic carbocycles. The van der Waals surface area contributed by atoms with Crippen LogP contribution in [0.4, 0.5) is 0 Å². The van der Waals surface area contributed by atoms with Crippen LogP contribution in [0.2, 0.25) is 0 Å². The highest BCUT2D eigenvalue weighted by Gasteiger charge is 2.27. The summed E-state index contributed by atoms with van der Waals surface area (Å²) in [6, 6.07) is 19.1. The Morgan fingerprint density at radius 1 is 0.957 bits per heavy atom. The Kier molecular flexibility index (Phi) is 5.14. The van der Waals surface area contributed by atoms with Crippen molar-refractivity contribution in [2.75, 3.05) is 19.6 Å². The molecule has 0 radical (unpaired) electrons. The number of rotatable bonds is 4. The molecule has 1 heterocycles. The number of aryl methyl sites for hydroxylation is 2. The lowest BCUT2D eigenvalue weighted by molar-refractivity contribution is 0.162. The van der Waals surface area contributed by atoms with E-state index in [2.05, 4.69) is 79.5 Å². The van der Waals surface area contributed by atoms with Gasteiger partial charge in [-0.3, -0.25) is 4.90 Å². The lowest BCUT2D eigenvalue weighted by atomic mass is 9.94. The van der Waals surface area contributed by atoms with Crippen LogP contribution in [0.15, 0.2) is 48.5 Å². The average molecular weight is 308 g/mol. The average Bonchev–Trinajstić information content (AvgIpc) is 2.59. The van der Waals surface area contributed by atoms with E-state index < -0.39 is 0 Å². The van der Waals surface area contributed by atoms with Crippen LogP contribution in [-0.2, 0) is 0 Å². The van der Waals surface area contributed by atoms with Crippen molar-refractivity contribution in [2.24, 2.45) is 0 Å². The summed E-state index contributed by atoms with van der Waals surface area (Å²) < 4.78 is 0. The molecule has 2 heteroatoms. The predicted molar refractivity (Wildman–Crippen MR) is 97.9 cm³/mol.